The smallest absolute Gasteiger partial charge is 0.254 e. The van der Waals surface area contributed by atoms with Crippen molar-refractivity contribution in [1.82, 2.24) is 14.5 Å². The van der Waals surface area contributed by atoms with Crippen molar-refractivity contribution in [2.24, 2.45) is 0 Å². The van der Waals surface area contributed by atoms with Crippen LogP contribution in [-0.2, 0) is 4.79 Å². The number of amides is 2. The Morgan fingerprint density at radius 2 is 1.83 bits per heavy atom. The summed E-state index contributed by atoms with van der Waals surface area (Å²) in [6.45, 7) is 3.64. The van der Waals surface area contributed by atoms with Crippen LogP contribution in [0.5, 0.6) is 5.75 Å². The summed E-state index contributed by atoms with van der Waals surface area (Å²) in [7, 11) is 1.53. The predicted octanol–water partition coefficient (Wildman–Crippen LogP) is 5.10. The summed E-state index contributed by atoms with van der Waals surface area (Å²) in [5.74, 6) is -0.289. The number of halogens is 1. The zero-order valence-corrected chi connectivity index (χ0v) is 20.4. The Morgan fingerprint density at radius 1 is 1.06 bits per heavy atom. The molecule has 0 spiro atoms. The first kappa shape index (κ1) is 24.7. The van der Waals surface area contributed by atoms with Crippen LogP contribution in [0.4, 0.5) is 10.3 Å². The van der Waals surface area contributed by atoms with Crippen molar-refractivity contribution in [1.29, 1.82) is 0 Å². The number of ether oxygens (including phenoxy) is 1. The molecule has 0 saturated carbocycles. The maximum absolute atomic E-state index is 14.3. The average molecular weight is 487 g/mol. The number of nitrogens with one attached hydrogen (secondary N) is 1. The topological polar surface area (TPSA) is 76.5 Å². The minimum absolute atomic E-state index is 0.178. The number of hydrogen-bond acceptors (Lipinski definition) is 4. The molecule has 0 aliphatic rings. The molecule has 36 heavy (non-hydrogen) atoms. The van der Waals surface area contributed by atoms with Crippen LogP contribution in [0, 0.1) is 12.7 Å². The second-order valence-corrected chi connectivity index (χ2v) is 8.22. The molecule has 0 aliphatic heterocycles. The van der Waals surface area contributed by atoms with Crippen LogP contribution in [0.2, 0.25) is 0 Å². The van der Waals surface area contributed by atoms with Crippen LogP contribution in [0.25, 0.3) is 16.9 Å². The summed E-state index contributed by atoms with van der Waals surface area (Å²) in [5.41, 5.74) is 2.92. The van der Waals surface area contributed by atoms with E-state index in [0.717, 1.165) is 5.56 Å². The highest BCUT2D eigenvalue weighted by Crippen LogP contribution is 2.25. The van der Waals surface area contributed by atoms with E-state index in [1.807, 2.05) is 30.3 Å². The number of aryl methyl sites for hydroxylation is 1. The van der Waals surface area contributed by atoms with Crippen molar-refractivity contribution in [3.63, 3.8) is 0 Å². The molecule has 0 unspecified atom stereocenters. The number of benzene rings is 3. The highest BCUT2D eigenvalue weighted by atomic mass is 19.1. The van der Waals surface area contributed by atoms with Gasteiger partial charge in [-0.2, -0.15) is 0 Å². The monoisotopic (exact) mass is 486 g/mol. The lowest BCUT2D eigenvalue weighted by Crippen LogP contribution is -2.38. The normalized spacial score (nSPS) is 10.7. The number of carbonyl (C=O) groups excluding carboxylic acids is 2. The largest absolute Gasteiger partial charge is 0.497 e. The van der Waals surface area contributed by atoms with Gasteiger partial charge in [0.25, 0.3) is 5.91 Å². The molecule has 3 aromatic carbocycles. The Morgan fingerprint density at radius 3 is 2.53 bits per heavy atom. The molecule has 7 nitrogen and oxygen atoms in total. The van der Waals surface area contributed by atoms with Gasteiger partial charge in [-0.1, -0.05) is 42.5 Å². The number of aromatic nitrogens is 2. The van der Waals surface area contributed by atoms with Crippen molar-refractivity contribution in [3.05, 3.63) is 95.9 Å². The molecule has 4 aromatic rings. The summed E-state index contributed by atoms with van der Waals surface area (Å²) < 4.78 is 21.2. The fourth-order valence-electron chi connectivity index (χ4n) is 3.75. The number of hydrogen-bond donors (Lipinski definition) is 1. The molecule has 0 fully saturated rings. The van der Waals surface area contributed by atoms with E-state index in [-0.39, 0.29) is 24.2 Å². The molecule has 8 heteroatoms. The van der Waals surface area contributed by atoms with Gasteiger partial charge in [0.2, 0.25) is 11.9 Å². The molecule has 1 aromatic heterocycles. The third-order valence-corrected chi connectivity index (χ3v) is 5.78. The van der Waals surface area contributed by atoms with Crippen molar-refractivity contribution in [2.45, 2.75) is 13.8 Å². The van der Waals surface area contributed by atoms with E-state index in [0.29, 0.717) is 34.8 Å². The highest BCUT2D eigenvalue weighted by Gasteiger charge is 2.20. The number of methoxy groups -OCH3 is 1. The maximum Gasteiger partial charge on any atom is 0.254 e. The Labute approximate surface area is 209 Å². The van der Waals surface area contributed by atoms with E-state index in [1.54, 1.807) is 61.0 Å². The Kier molecular flexibility index (Phi) is 7.44. The second-order valence-electron chi connectivity index (χ2n) is 8.22. The maximum atomic E-state index is 14.3. The molecule has 184 valence electrons. The minimum atomic E-state index is -0.424. The lowest BCUT2D eigenvalue weighted by Gasteiger charge is -2.20. The second kappa shape index (κ2) is 10.9. The zero-order valence-electron chi connectivity index (χ0n) is 20.4. The van der Waals surface area contributed by atoms with Gasteiger partial charge in [-0.3, -0.25) is 19.5 Å². The number of rotatable bonds is 8. The van der Waals surface area contributed by atoms with E-state index in [1.165, 1.54) is 18.1 Å². The number of likely N-dealkylation sites (N-methyl/N-ethyl adjacent to an activating group) is 1. The first-order valence-electron chi connectivity index (χ1n) is 11.5. The van der Waals surface area contributed by atoms with E-state index in [4.69, 9.17) is 4.74 Å². The number of nitrogens with zero attached hydrogens (tertiary/aromatic N) is 3. The van der Waals surface area contributed by atoms with Gasteiger partial charge < -0.3 is 9.64 Å². The quantitative estimate of drug-likeness (QED) is 0.376. The molecule has 0 saturated heterocycles. The summed E-state index contributed by atoms with van der Waals surface area (Å²) in [5, 5.41) is 2.80. The number of anilines is 1. The van der Waals surface area contributed by atoms with Gasteiger partial charge in [0.05, 0.1) is 18.5 Å². The van der Waals surface area contributed by atoms with E-state index in [9.17, 15) is 14.0 Å². The third-order valence-electron chi connectivity index (χ3n) is 5.78. The van der Waals surface area contributed by atoms with Gasteiger partial charge >= 0.3 is 0 Å². The van der Waals surface area contributed by atoms with Crippen LogP contribution in [0.15, 0.2) is 79.0 Å². The minimum Gasteiger partial charge on any atom is -0.497 e. The fraction of sp³-hybridized carbons (Fsp3) is 0.179. The molecular formula is C28H27FN4O3. The molecule has 4 rings (SSSR count). The summed E-state index contributed by atoms with van der Waals surface area (Å²) in [6.07, 6.45) is 1.74. The average Bonchev–Trinajstić information content (AvgIpc) is 3.32. The Bertz CT molecular complexity index is 1380. The van der Waals surface area contributed by atoms with Crippen molar-refractivity contribution < 1.29 is 18.7 Å². The van der Waals surface area contributed by atoms with Crippen LogP contribution in [0.1, 0.15) is 22.8 Å². The molecule has 2 amide bonds. The van der Waals surface area contributed by atoms with Crippen LogP contribution in [-0.4, -0.2) is 46.5 Å². The lowest BCUT2D eigenvalue weighted by molar-refractivity contribution is -0.116. The van der Waals surface area contributed by atoms with Gasteiger partial charge in [0.1, 0.15) is 18.1 Å². The van der Waals surface area contributed by atoms with Gasteiger partial charge in [0, 0.05) is 23.9 Å². The molecular weight excluding hydrogens is 459 g/mol. The summed E-state index contributed by atoms with van der Waals surface area (Å²) in [4.78, 5) is 32.1. The number of carbonyl (C=O) groups is 2. The molecule has 0 atom stereocenters. The summed E-state index contributed by atoms with van der Waals surface area (Å²) >= 11 is 0. The van der Waals surface area contributed by atoms with Crippen LogP contribution >= 0.6 is 0 Å². The zero-order chi connectivity index (χ0) is 25.7. The summed E-state index contributed by atoms with van der Waals surface area (Å²) in [6, 6.07) is 21.1. The van der Waals surface area contributed by atoms with Crippen LogP contribution in [0.3, 0.4) is 0 Å². The van der Waals surface area contributed by atoms with Gasteiger partial charge in [-0.05, 0) is 49.7 Å². The molecule has 1 heterocycles. The van der Waals surface area contributed by atoms with E-state index < -0.39 is 5.91 Å². The molecule has 0 radical (unpaired) electrons. The van der Waals surface area contributed by atoms with Crippen molar-refractivity contribution >= 4 is 17.8 Å². The fourth-order valence-corrected chi connectivity index (χ4v) is 3.75. The third kappa shape index (κ3) is 5.43. The van der Waals surface area contributed by atoms with Crippen LogP contribution < -0.4 is 10.1 Å². The SMILES string of the molecule is CCN(CC(=O)Nc1nc(-c2ccccc2)cn1-c1ccc(C)c(F)c1)C(=O)c1cccc(OC)c1. The van der Waals surface area contributed by atoms with Crippen molar-refractivity contribution in [3.8, 4) is 22.7 Å². The molecule has 0 aliphatic carbocycles. The first-order valence-corrected chi connectivity index (χ1v) is 11.5. The Hall–Kier alpha value is -4.46. The van der Waals surface area contributed by atoms with Gasteiger partial charge in [0.15, 0.2) is 0 Å². The van der Waals surface area contributed by atoms with Crippen molar-refractivity contribution in [2.75, 3.05) is 25.5 Å². The lowest BCUT2D eigenvalue weighted by atomic mass is 10.2. The first-order chi connectivity index (χ1) is 17.4. The molecule has 0 bridgehead atoms. The Balaban J connectivity index is 1.60. The van der Waals surface area contributed by atoms with E-state index >= 15 is 0 Å². The highest BCUT2D eigenvalue weighted by molar-refractivity contribution is 5.99. The van der Waals surface area contributed by atoms with E-state index in [2.05, 4.69) is 10.3 Å². The van der Waals surface area contributed by atoms with Gasteiger partial charge in [-0.25, -0.2) is 9.37 Å². The standard InChI is InChI=1S/C28H27FN4O3/c1-4-32(27(35)21-11-8-12-23(15-21)36-3)18-26(34)31-28-30-25(20-9-6-5-7-10-20)17-33(28)22-14-13-19(2)24(29)16-22/h5-17H,4,18H2,1-3H3,(H,30,31,34). The molecule has 1 N–H and O–H groups in total. The van der Waals surface area contributed by atoms with Gasteiger partial charge in [-0.15, -0.1) is 0 Å². The number of imidazole rings is 1. The predicted molar refractivity (Wildman–Crippen MR) is 137 cm³/mol.